The summed E-state index contributed by atoms with van der Waals surface area (Å²) in [6.45, 7) is 4.48. The number of hydrogen-bond acceptors (Lipinski definition) is 4. The molecule has 1 N–H and O–H groups in total. The molecule has 0 saturated heterocycles. The molecule has 1 rings (SSSR count). The molecule has 1 heterocycles. The minimum absolute atomic E-state index is 0.157. The molecule has 0 aliphatic heterocycles. The molecule has 0 aliphatic carbocycles. The molecule has 0 amide bonds. The maximum Gasteiger partial charge on any atom is 0.293 e. The fraction of sp³-hybridized carbons (Fsp3) is 0.375. The van der Waals surface area contributed by atoms with Gasteiger partial charge in [0.05, 0.1) is 18.5 Å². The quantitative estimate of drug-likeness (QED) is 0.669. The van der Waals surface area contributed by atoms with E-state index < -0.39 is 0 Å². The van der Waals surface area contributed by atoms with Gasteiger partial charge in [0, 0.05) is 6.20 Å². The number of aromatic amines is 1. The summed E-state index contributed by atoms with van der Waals surface area (Å²) in [6, 6.07) is 0. The summed E-state index contributed by atoms with van der Waals surface area (Å²) in [4.78, 5) is 25.7. The van der Waals surface area contributed by atoms with Crippen LogP contribution in [-0.2, 0) is 9.53 Å². The van der Waals surface area contributed by atoms with Crippen molar-refractivity contribution >= 4 is 6.47 Å². The van der Waals surface area contributed by atoms with Crippen LogP contribution in [0.25, 0.3) is 0 Å². The number of aromatic nitrogens is 2. The molecule has 0 bridgehead atoms. The van der Waals surface area contributed by atoms with Crippen molar-refractivity contribution in [1.29, 1.82) is 0 Å². The molecular weight excluding hydrogens is 172 g/mol. The van der Waals surface area contributed by atoms with Gasteiger partial charge in [-0.1, -0.05) is 0 Å². The zero-order valence-electron chi connectivity index (χ0n) is 7.61. The molecule has 72 valence electrons. The van der Waals surface area contributed by atoms with E-state index in [0.717, 1.165) is 5.69 Å². The van der Waals surface area contributed by atoms with Gasteiger partial charge in [-0.3, -0.25) is 14.6 Å². The van der Waals surface area contributed by atoms with E-state index in [9.17, 15) is 9.59 Å². The van der Waals surface area contributed by atoms with Gasteiger partial charge in [-0.15, -0.1) is 0 Å². The Bertz CT molecular complexity index is 275. The topological polar surface area (TPSA) is 72.1 Å². The van der Waals surface area contributed by atoms with Gasteiger partial charge < -0.3 is 9.72 Å². The van der Waals surface area contributed by atoms with E-state index in [0.29, 0.717) is 13.1 Å². The predicted octanol–water partition coefficient (Wildman–Crippen LogP) is 0.258. The molecule has 0 fully saturated rings. The fourth-order valence-corrected chi connectivity index (χ4v) is 0.479. The average Bonchev–Trinajstić information content (AvgIpc) is 2.13. The molecule has 0 radical (unpaired) electrons. The van der Waals surface area contributed by atoms with Crippen molar-refractivity contribution < 1.29 is 9.53 Å². The van der Waals surface area contributed by atoms with E-state index in [1.54, 1.807) is 13.1 Å². The highest BCUT2D eigenvalue weighted by molar-refractivity contribution is 5.36. The Kier molecular flexibility index (Phi) is 6.13. The van der Waals surface area contributed by atoms with Crippen molar-refractivity contribution in [3.8, 4) is 0 Å². The summed E-state index contributed by atoms with van der Waals surface area (Å²) in [5.41, 5.74) is 0.667. The Balaban J connectivity index is 0.000000252. The molecular formula is C8H12N2O3. The Hall–Kier alpha value is -1.65. The van der Waals surface area contributed by atoms with Crippen molar-refractivity contribution in [2.24, 2.45) is 0 Å². The molecule has 0 atom stereocenters. The lowest BCUT2D eigenvalue weighted by atomic mass is 10.5. The number of nitrogens with zero attached hydrogens (tertiary/aromatic N) is 1. The molecule has 1 aromatic heterocycles. The number of aryl methyl sites for hydroxylation is 1. The highest BCUT2D eigenvalue weighted by atomic mass is 16.5. The molecule has 0 aromatic carbocycles. The van der Waals surface area contributed by atoms with Gasteiger partial charge >= 0.3 is 0 Å². The summed E-state index contributed by atoms with van der Waals surface area (Å²) in [5, 5.41) is 0. The molecule has 0 saturated carbocycles. The van der Waals surface area contributed by atoms with Gasteiger partial charge in [0.15, 0.2) is 0 Å². The third-order valence-corrected chi connectivity index (χ3v) is 1.04. The molecule has 0 aliphatic rings. The molecule has 5 nitrogen and oxygen atoms in total. The van der Waals surface area contributed by atoms with E-state index in [4.69, 9.17) is 0 Å². The van der Waals surface area contributed by atoms with Crippen molar-refractivity contribution in [2.45, 2.75) is 13.8 Å². The smallest absolute Gasteiger partial charge is 0.293 e. The van der Waals surface area contributed by atoms with Crippen LogP contribution in [-0.4, -0.2) is 23.0 Å². The second-order valence-corrected chi connectivity index (χ2v) is 2.10. The van der Waals surface area contributed by atoms with Crippen LogP contribution >= 0.6 is 0 Å². The van der Waals surface area contributed by atoms with Crippen molar-refractivity contribution in [3.05, 3.63) is 28.4 Å². The normalized spacial score (nSPS) is 8.15. The van der Waals surface area contributed by atoms with Gasteiger partial charge in [0.25, 0.3) is 12.0 Å². The summed E-state index contributed by atoms with van der Waals surface area (Å²) >= 11 is 0. The lowest BCUT2D eigenvalue weighted by Gasteiger charge is -1.83. The van der Waals surface area contributed by atoms with E-state index in [2.05, 4.69) is 14.7 Å². The van der Waals surface area contributed by atoms with Crippen LogP contribution in [0.5, 0.6) is 0 Å². The van der Waals surface area contributed by atoms with Crippen LogP contribution in [0.1, 0.15) is 12.6 Å². The fourth-order valence-electron chi connectivity index (χ4n) is 0.479. The minimum Gasteiger partial charge on any atom is -0.468 e. The number of carbonyl (C=O) groups excluding carboxylic acids is 1. The predicted molar refractivity (Wildman–Crippen MR) is 47.3 cm³/mol. The molecule has 0 unspecified atom stereocenters. The lowest BCUT2D eigenvalue weighted by molar-refractivity contribution is -0.128. The maximum atomic E-state index is 10.3. The lowest BCUT2D eigenvalue weighted by Crippen LogP contribution is -2.03. The van der Waals surface area contributed by atoms with Crippen molar-refractivity contribution in [2.75, 3.05) is 6.61 Å². The third-order valence-electron chi connectivity index (χ3n) is 1.04. The van der Waals surface area contributed by atoms with Crippen LogP contribution in [0.4, 0.5) is 0 Å². The van der Waals surface area contributed by atoms with E-state index in [-0.39, 0.29) is 5.56 Å². The Labute approximate surface area is 75.8 Å². The summed E-state index contributed by atoms with van der Waals surface area (Å²) in [5.74, 6) is 0. The van der Waals surface area contributed by atoms with Crippen LogP contribution in [0.3, 0.4) is 0 Å². The largest absolute Gasteiger partial charge is 0.468 e. The van der Waals surface area contributed by atoms with Crippen LogP contribution in [0.15, 0.2) is 17.2 Å². The Morgan fingerprint density at radius 3 is 2.62 bits per heavy atom. The standard InChI is InChI=1S/C5H6N2O.C3H6O2/c1-4-2-7-5(8)3-6-4;1-2-5-3-4/h2-3H,1H3,(H,7,8);3H,2H2,1H3. The van der Waals surface area contributed by atoms with Crippen LogP contribution in [0, 0.1) is 6.92 Å². The zero-order valence-corrected chi connectivity index (χ0v) is 7.61. The second-order valence-electron chi connectivity index (χ2n) is 2.10. The number of rotatable bonds is 2. The third kappa shape index (κ3) is 6.74. The first kappa shape index (κ1) is 11.4. The second kappa shape index (κ2) is 7.02. The van der Waals surface area contributed by atoms with Gasteiger partial charge in [0.2, 0.25) is 0 Å². The number of nitrogens with one attached hydrogen (secondary N) is 1. The van der Waals surface area contributed by atoms with Gasteiger partial charge in [-0.25, -0.2) is 0 Å². The van der Waals surface area contributed by atoms with Crippen molar-refractivity contribution in [1.82, 2.24) is 9.97 Å². The minimum atomic E-state index is -0.157. The summed E-state index contributed by atoms with van der Waals surface area (Å²) < 4.78 is 4.15. The van der Waals surface area contributed by atoms with Crippen molar-refractivity contribution in [3.63, 3.8) is 0 Å². The van der Waals surface area contributed by atoms with E-state index in [1.165, 1.54) is 6.20 Å². The molecule has 5 heteroatoms. The highest BCUT2D eigenvalue weighted by Gasteiger charge is 1.80. The Morgan fingerprint density at radius 1 is 1.69 bits per heavy atom. The first-order valence-electron chi connectivity index (χ1n) is 3.77. The maximum absolute atomic E-state index is 10.3. The molecule has 13 heavy (non-hydrogen) atoms. The summed E-state index contributed by atoms with van der Waals surface area (Å²) in [6.07, 6.45) is 2.83. The summed E-state index contributed by atoms with van der Waals surface area (Å²) in [7, 11) is 0. The van der Waals surface area contributed by atoms with Gasteiger partial charge in [-0.2, -0.15) is 0 Å². The average molecular weight is 184 g/mol. The monoisotopic (exact) mass is 184 g/mol. The van der Waals surface area contributed by atoms with E-state index in [1.807, 2.05) is 6.92 Å². The number of H-pyrrole nitrogens is 1. The SMILES string of the molecule is CCOC=O.Cc1c[nH]c(=O)cn1. The van der Waals surface area contributed by atoms with Crippen LogP contribution in [0.2, 0.25) is 0 Å². The zero-order chi connectivity index (χ0) is 10.1. The van der Waals surface area contributed by atoms with Gasteiger partial charge in [0.1, 0.15) is 0 Å². The first-order valence-corrected chi connectivity index (χ1v) is 3.77. The number of carbonyl (C=O) groups is 1. The van der Waals surface area contributed by atoms with E-state index >= 15 is 0 Å². The number of ether oxygens (including phenoxy) is 1. The highest BCUT2D eigenvalue weighted by Crippen LogP contribution is 1.77. The first-order chi connectivity index (χ1) is 6.20. The Morgan fingerprint density at radius 2 is 2.38 bits per heavy atom. The van der Waals surface area contributed by atoms with Crippen LogP contribution < -0.4 is 5.56 Å². The number of hydrogen-bond donors (Lipinski definition) is 1. The molecule has 0 spiro atoms. The van der Waals surface area contributed by atoms with Gasteiger partial charge in [-0.05, 0) is 13.8 Å². The molecule has 1 aromatic rings.